The lowest BCUT2D eigenvalue weighted by atomic mass is 9.98. The molecule has 0 bridgehead atoms. The highest BCUT2D eigenvalue weighted by Gasteiger charge is 2.37. The molecule has 3 aliphatic heterocycles. The first-order valence-electron chi connectivity index (χ1n) is 16.2. The van der Waals surface area contributed by atoms with Crippen LogP contribution in [0.5, 0.6) is 0 Å². The fourth-order valence-corrected chi connectivity index (χ4v) is 6.25. The number of fused-ring (bicyclic) bond motifs is 1. The van der Waals surface area contributed by atoms with Crippen molar-refractivity contribution in [1.29, 1.82) is 0 Å². The molecule has 6 rings (SSSR count). The van der Waals surface area contributed by atoms with Gasteiger partial charge in [0.2, 0.25) is 0 Å². The molecule has 0 aliphatic carbocycles. The first-order valence-corrected chi connectivity index (χ1v) is 16.2. The summed E-state index contributed by atoms with van der Waals surface area (Å²) in [6.07, 6.45) is 5.69. The molecule has 2 atom stereocenters. The molecule has 1 aromatic heterocycles. The number of carbonyl (C=O) groups is 2. The maximum atomic E-state index is 12.8. The van der Waals surface area contributed by atoms with Crippen LogP contribution in [0, 0.1) is 11.8 Å². The molecule has 3 aliphatic rings. The van der Waals surface area contributed by atoms with Gasteiger partial charge in [0.05, 0.1) is 23.1 Å². The Balaban J connectivity index is 1.09. The zero-order valence-electron chi connectivity index (χ0n) is 27.6. The minimum absolute atomic E-state index is 0.0147. The fraction of sp³-hybridized carbons (Fsp3) is 0.459. The molecule has 0 unspecified atom stereocenters. The first kappa shape index (κ1) is 31.4. The van der Waals surface area contributed by atoms with Gasteiger partial charge in [-0.05, 0) is 109 Å². The van der Waals surface area contributed by atoms with Crippen LogP contribution < -0.4 is 0 Å². The molecule has 9 nitrogen and oxygen atoms in total. The second-order valence-corrected chi connectivity index (χ2v) is 14.3. The summed E-state index contributed by atoms with van der Waals surface area (Å²) in [6.45, 7) is 12.7. The number of imidazole rings is 1. The van der Waals surface area contributed by atoms with Gasteiger partial charge >= 0.3 is 12.2 Å². The van der Waals surface area contributed by atoms with Crippen molar-refractivity contribution in [3.8, 4) is 11.8 Å². The molecule has 2 saturated heterocycles. The van der Waals surface area contributed by atoms with E-state index in [-0.39, 0.29) is 24.3 Å². The number of ether oxygens (including phenoxy) is 2. The number of allylic oxidation sites excluding steroid dienone is 1. The van der Waals surface area contributed by atoms with E-state index in [4.69, 9.17) is 19.5 Å². The van der Waals surface area contributed by atoms with Gasteiger partial charge in [-0.25, -0.2) is 14.6 Å². The normalized spacial score (nSPS) is 20.0. The highest BCUT2D eigenvalue weighted by atomic mass is 16.6. The monoisotopic (exact) mass is 621 g/mol. The Labute approximate surface area is 271 Å². The highest BCUT2D eigenvalue weighted by Crippen LogP contribution is 2.33. The fourth-order valence-electron chi connectivity index (χ4n) is 6.25. The molecule has 2 aromatic carbocycles. The van der Waals surface area contributed by atoms with Gasteiger partial charge in [0.1, 0.15) is 17.0 Å². The molecule has 4 heterocycles. The maximum absolute atomic E-state index is 12.8. The summed E-state index contributed by atoms with van der Waals surface area (Å²) in [5.41, 5.74) is 5.73. The highest BCUT2D eigenvalue weighted by molar-refractivity contribution is 6.02. The molecule has 2 fully saturated rings. The second kappa shape index (κ2) is 12.3. The van der Waals surface area contributed by atoms with Crippen LogP contribution in [0.2, 0.25) is 0 Å². The lowest BCUT2D eigenvalue weighted by Crippen LogP contribution is -2.43. The maximum Gasteiger partial charge on any atom is 0.410 e. The average Bonchev–Trinajstić information content (AvgIpc) is 3.79. The van der Waals surface area contributed by atoms with Crippen molar-refractivity contribution in [3.63, 3.8) is 0 Å². The van der Waals surface area contributed by atoms with Gasteiger partial charge in [-0.15, -0.1) is 0 Å². The van der Waals surface area contributed by atoms with Crippen molar-refractivity contribution in [2.75, 3.05) is 13.1 Å². The van der Waals surface area contributed by atoms with Gasteiger partial charge in [0.25, 0.3) is 0 Å². The quantitative estimate of drug-likeness (QED) is 0.303. The Bertz CT molecular complexity index is 1760. The van der Waals surface area contributed by atoms with Gasteiger partial charge in [0.15, 0.2) is 0 Å². The Morgan fingerprint density at radius 3 is 2.07 bits per heavy atom. The SMILES string of the molecule is CC(C)(C)OC(=O)N1CCC[C@H]1C1=NC=C(c2ccc(C#Cc3ccc4nc([C@@H]5CCCN5C(=O)OC(C)(C)C)[nH]c4c3)cc2)C1. The van der Waals surface area contributed by atoms with Crippen molar-refractivity contribution in [3.05, 3.63) is 71.2 Å². The number of likely N-dealkylation sites (tertiary alicyclic amines) is 2. The third kappa shape index (κ3) is 7.12. The zero-order chi connectivity index (χ0) is 32.6. The van der Waals surface area contributed by atoms with E-state index < -0.39 is 11.2 Å². The number of rotatable bonds is 3. The smallest absolute Gasteiger partial charge is 0.410 e. The van der Waals surface area contributed by atoms with Crippen LogP contribution in [-0.4, -0.2) is 68.0 Å². The van der Waals surface area contributed by atoms with Crippen LogP contribution in [0.1, 0.15) is 102 Å². The molecule has 1 N–H and O–H groups in total. The molecule has 46 heavy (non-hydrogen) atoms. The summed E-state index contributed by atoms with van der Waals surface area (Å²) in [4.78, 5) is 42.1. The van der Waals surface area contributed by atoms with Gasteiger partial charge in [0, 0.05) is 42.5 Å². The lowest BCUT2D eigenvalue weighted by Gasteiger charge is -2.28. The minimum Gasteiger partial charge on any atom is -0.444 e. The van der Waals surface area contributed by atoms with Crippen molar-refractivity contribution < 1.29 is 19.1 Å². The second-order valence-electron chi connectivity index (χ2n) is 14.3. The predicted molar refractivity (Wildman–Crippen MR) is 179 cm³/mol. The number of aromatic amines is 1. The Morgan fingerprint density at radius 2 is 1.41 bits per heavy atom. The number of aliphatic imine (C=N–C) groups is 1. The molecule has 240 valence electrons. The van der Waals surface area contributed by atoms with E-state index >= 15 is 0 Å². The van der Waals surface area contributed by atoms with Crippen LogP contribution in [0.3, 0.4) is 0 Å². The molecule has 9 heteroatoms. The molecule has 0 spiro atoms. The largest absolute Gasteiger partial charge is 0.444 e. The number of nitrogens with one attached hydrogen (secondary N) is 1. The average molecular weight is 622 g/mol. The molecule has 0 saturated carbocycles. The van der Waals surface area contributed by atoms with Gasteiger partial charge < -0.3 is 14.5 Å². The number of H-pyrrole nitrogens is 1. The van der Waals surface area contributed by atoms with Crippen LogP contribution in [0.25, 0.3) is 16.6 Å². The molecule has 2 amide bonds. The number of hydrogen-bond donors (Lipinski definition) is 1. The van der Waals surface area contributed by atoms with Crippen molar-refractivity contribution in [2.45, 2.75) is 96.9 Å². The van der Waals surface area contributed by atoms with E-state index in [2.05, 4.69) is 29.0 Å². The van der Waals surface area contributed by atoms with E-state index in [1.807, 2.05) is 83.0 Å². The first-order chi connectivity index (χ1) is 21.8. The van der Waals surface area contributed by atoms with Gasteiger partial charge in [-0.1, -0.05) is 24.0 Å². The van der Waals surface area contributed by atoms with E-state index in [1.54, 1.807) is 4.90 Å². The number of nitrogens with zero attached hydrogens (tertiary/aromatic N) is 4. The van der Waals surface area contributed by atoms with Gasteiger partial charge in [-0.3, -0.25) is 14.8 Å². The van der Waals surface area contributed by atoms with E-state index in [0.29, 0.717) is 13.1 Å². The Hall–Kier alpha value is -4.58. The van der Waals surface area contributed by atoms with Crippen LogP contribution >= 0.6 is 0 Å². The summed E-state index contributed by atoms with van der Waals surface area (Å²) in [5, 5.41) is 0. The van der Waals surface area contributed by atoms with Crippen LogP contribution in [-0.2, 0) is 9.47 Å². The van der Waals surface area contributed by atoms with Crippen LogP contribution in [0.4, 0.5) is 9.59 Å². The standard InChI is InChI=1S/C37H43N5O4/c1-36(2,3)45-34(43)41-19-7-9-31(41)30-22-27(23-38-30)26-16-13-24(14-17-26)11-12-25-15-18-28-29(21-25)40-33(39-28)32-10-8-20-42(32)35(44)46-37(4,5)6/h13-18,21,23,31-32H,7-10,19-20,22H2,1-6H3,(H,39,40)/t31-,32-/m0/s1. The van der Waals surface area contributed by atoms with Crippen LogP contribution in [0.15, 0.2) is 53.7 Å². The molecule has 3 aromatic rings. The van der Waals surface area contributed by atoms with E-state index in [9.17, 15) is 9.59 Å². The summed E-state index contributed by atoms with van der Waals surface area (Å²) in [6, 6.07) is 14.0. The topological polar surface area (TPSA) is 100 Å². The molecular formula is C37H43N5O4. The number of carbonyl (C=O) groups excluding carboxylic acids is 2. The van der Waals surface area contributed by atoms with E-state index in [1.165, 1.54) is 0 Å². The predicted octanol–water partition coefficient (Wildman–Crippen LogP) is 7.62. The number of aromatic nitrogens is 2. The molecule has 0 radical (unpaired) electrons. The van der Waals surface area contributed by atoms with E-state index in [0.717, 1.165) is 76.9 Å². The molecular weight excluding hydrogens is 578 g/mol. The van der Waals surface area contributed by atoms with Crippen molar-refractivity contribution in [1.82, 2.24) is 19.8 Å². The Kier molecular flexibility index (Phi) is 8.41. The summed E-state index contributed by atoms with van der Waals surface area (Å²) in [5.74, 6) is 7.34. The van der Waals surface area contributed by atoms with Crippen molar-refractivity contribution >= 4 is 34.5 Å². The number of hydrogen-bond acceptors (Lipinski definition) is 6. The zero-order valence-corrected chi connectivity index (χ0v) is 27.6. The summed E-state index contributed by atoms with van der Waals surface area (Å²) < 4.78 is 11.3. The van der Waals surface area contributed by atoms with Gasteiger partial charge in [-0.2, -0.15) is 0 Å². The summed E-state index contributed by atoms with van der Waals surface area (Å²) in [7, 11) is 0. The Morgan fingerprint density at radius 1 is 0.826 bits per heavy atom. The lowest BCUT2D eigenvalue weighted by molar-refractivity contribution is 0.0216. The minimum atomic E-state index is -0.542. The van der Waals surface area contributed by atoms with Crippen molar-refractivity contribution in [2.24, 2.45) is 4.99 Å². The third-order valence-corrected chi connectivity index (χ3v) is 8.33. The third-order valence-electron chi connectivity index (χ3n) is 8.33. The number of benzene rings is 2. The number of amides is 2. The summed E-state index contributed by atoms with van der Waals surface area (Å²) >= 11 is 0.